The number of non-ortho nitro benzene ring substituents is 1. The zero-order valence-electron chi connectivity index (χ0n) is 17.6. The van der Waals surface area contributed by atoms with Crippen LogP contribution in [0.15, 0.2) is 51.0 Å². The summed E-state index contributed by atoms with van der Waals surface area (Å²) in [6.07, 6.45) is 0. The Kier molecular flexibility index (Phi) is 6.77. The summed E-state index contributed by atoms with van der Waals surface area (Å²) in [6.45, 7) is 0. The number of nitrogens with two attached hydrogens (primary N) is 1. The topological polar surface area (TPSA) is 195 Å². The molecule has 0 aliphatic rings. The maximum Gasteiger partial charge on any atom is 0.342 e. The van der Waals surface area contributed by atoms with Gasteiger partial charge >= 0.3 is 11.9 Å². The van der Waals surface area contributed by atoms with E-state index in [-0.39, 0.29) is 10.5 Å². The summed E-state index contributed by atoms with van der Waals surface area (Å²) < 4.78 is 10.6. The van der Waals surface area contributed by atoms with Crippen molar-refractivity contribution in [3.05, 3.63) is 68.0 Å². The number of methoxy groups -OCH3 is 2. The minimum Gasteiger partial charge on any atom is -0.497 e. The maximum absolute atomic E-state index is 12.4. The summed E-state index contributed by atoms with van der Waals surface area (Å²) >= 11 is 0.996. The van der Waals surface area contributed by atoms with Gasteiger partial charge < -0.3 is 30.4 Å². The van der Waals surface area contributed by atoms with Gasteiger partial charge in [-0.1, -0.05) is 11.8 Å². The minimum absolute atomic E-state index is 0.184. The fourth-order valence-electron chi connectivity index (χ4n) is 3.21. The molecule has 0 spiro atoms. The van der Waals surface area contributed by atoms with E-state index >= 15 is 0 Å². The third-order valence-electron chi connectivity index (χ3n) is 4.71. The molecule has 12 nitrogen and oxygen atoms in total. The number of nitro benzene ring substituents is 1. The third kappa shape index (κ3) is 4.49. The van der Waals surface area contributed by atoms with Crippen molar-refractivity contribution in [2.24, 2.45) is 0 Å². The number of anilines is 1. The molecule has 0 amide bonds. The van der Waals surface area contributed by atoms with Crippen LogP contribution in [0.3, 0.4) is 0 Å². The van der Waals surface area contributed by atoms with E-state index in [0.717, 1.165) is 23.9 Å². The van der Waals surface area contributed by atoms with Crippen molar-refractivity contribution in [3.63, 3.8) is 0 Å². The van der Waals surface area contributed by atoms with Gasteiger partial charge in [0.2, 0.25) is 0 Å². The van der Waals surface area contributed by atoms with Gasteiger partial charge in [-0.3, -0.25) is 14.9 Å². The fraction of sp³-hybridized carbons (Fsp3) is 0.0952. The number of nitrogen functional groups attached to an aromatic ring is 1. The molecule has 3 aromatic rings. The number of nitrogens with one attached hydrogen (secondary N) is 1. The Morgan fingerprint density at radius 3 is 2.26 bits per heavy atom. The first-order chi connectivity index (χ1) is 16.1. The number of carbonyl (C=O) groups is 2. The molecule has 34 heavy (non-hydrogen) atoms. The van der Waals surface area contributed by atoms with E-state index in [1.807, 2.05) is 4.98 Å². The van der Waals surface area contributed by atoms with E-state index in [1.54, 1.807) is 18.2 Å². The van der Waals surface area contributed by atoms with Gasteiger partial charge in [0.05, 0.1) is 24.0 Å². The molecule has 0 radical (unpaired) electrons. The first-order valence-corrected chi connectivity index (χ1v) is 10.1. The number of ether oxygens (including phenoxy) is 2. The van der Waals surface area contributed by atoms with Crippen molar-refractivity contribution >= 4 is 35.2 Å². The molecular weight excluding hydrogens is 470 g/mol. The van der Waals surface area contributed by atoms with Crippen LogP contribution < -0.4 is 20.8 Å². The lowest BCUT2D eigenvalue weighted by Crippen LogP contribution is -2.24. The highest BCUT2D eigenvalue weighted by atomic mass is 32.2. The lowest BCUT2D eigenvalue weighted by molar-refractivity contribution is -0.384. The highest BCUT2D eigenvalue weighted by Crippen LogP contribution is 2.44. The van der Waals surface area contributed by atoms with Crippen LogP contribution in [-0.4, -0.2) is 46.3 Å². The highest BCUT2D eigenvalue weighted by Gasteiger charge is 2.29. The zero-order valence-corrected chi connectivity index (χ0v) is 18.5. The van der Waals surface area contributed by atoms with Crippen LogP contribution >= 0.6 is 11.8 Å². The Labute approximate surface area is 195 Å². The second-order valence-corrected chi connectivity index (χ2v) is 7.74. The predicted molar refractivity (Wildman–Crippen MR) is 121 cm³/mol. The highest BCUT2D eigenvalue weighted by molar-refractivity contribution is 7.99. The SMILES string of the molecule is COc1ccc(OC)c(Sc2ccc([N+](=O)[O-])cc2-c2c(C(=O)O)c(N)[nH]c(=O)c2C(=O)O)c1. The number of nitrogens with zero attached hydrogens (tertiary/aromatic N) is 1. The number of carboxylic acids is 2. The van der Waals surface area contributed by atoms with Gasteiger partial charge in [0, 0.05) is 28.2 Å². The molecule has 0 aliphatic carbocycles. The monoisotopic (exact) mass is 487 g/mol. The first-order valence-electron chi connectivity index (χ1n) is 9.30. The number of pyridine rings is 1. The Balaban J connectivity index is 2.42. The number of aromatic amines is 1. The van der Waals surface area contributed by atoms with Crippen LogP contribution in [0, 0.1) is 10.1 Å². The fourth-order valence-corrected chi connectivity index (χ4v) is 4.29. The lowest BCUT2D eigenvalue weighted by atomic mass is 9.95. The zero-order chi connectivity index (χ0) is 25.2. The van der Waals surface area contributed by atoms with E-state index in [4.69, 9.17) is 15.2 Å². The number of aromatic carboxylic acids is 2. The molecule has 2 aromatic carbocycles. The van der Waals surface area contributed by atoms with E-state index in [9.17, 15) is 34.7 Å². The molecule has 0 atom stereocenters. The summed E-state index contributed by atoms with van der Waals surface area (Å²) in [5, 5.41) is 30.9. The number of aromatic nitrogens is 1. The van der Waals surface area contributed by atoms with E-state index < -0.39 is 50.6 Å². The lowest BCUT2D eigenvalue weighted by Gasteiger charge is -2.16. The van der Waals surface area contributed by atoms with Gasteiger partial charge in [0.1, 0.15) is 28.4 Å². The number of benzene rings is 2. The largest absolute Gasteiger partial charge is 0.497 e. The van der Waals surface area contributed by atoms with Crippen molar-refractivity contribution in [2.45, 2.75) is 9.79 Å². The molecule has 0 saturated heterocycles. The number of nitro groups is 1. The molecule has 0 aliphatic heterocycles. The van der Waals surface area contributed by atoms with E-state index in [0.29, 0.717) is 16.4 Å². The summed E-state index contributed by atoms with van der Waals surface area (Å²) in [5.74, 6) is -3.10. The quantitative estimate of drug-likeness (QED) is 0.269. The van der Waals surface area contributed by atoms with Crippen LogP contribution in [0.4, 0.5) is 11.5 Å². The first kappa shape index (κ1) is 24.1. The Hall–Kier alpha value is -4.52. The van der Waals surface area contributed by atoms with Crippen LogP contribution in [0.25, 0.3) is 11.1 Å². The maximum atomic E-state index is 12.4. The van der Waals surface area contributed by atoms with Crippen molar-refractivity contribution in [2.75, 3.05) is 20.0 Å². The smallest absolute Gasteiger partial charge is 0.342 e. The van der Waals surface area contributed by atoms with E-state index in [1.165, 1.54) is 20.3 Å². The molecule has 3 rings (SSSR count). The molecule has 176 valence electrons. The number of carboxylic acid groups (broad SMARTS) is 2. The van der Waals surface area contributed by atoms with Crippen LogP contribution in [-0.2, 0) is 0 Å². The van der Waals surface area contributed by atoms with Gasteiger partial charge in [0.25, 0.3) is 11.2 Å². The average molecular weight is 487 g/mol. The van der Waals surface area contributed by atoms with Crippen molar-refractivity contribution in [1.29, 1.82) is 0 Å². The molecule has 0 unspecified atom stereocenters. The third-order valence-corrected chi connectivity index (χ3v) is 5.82. The van der Waals surface area contributed by atoms with Crippen molar-refractivity contribution < 1.29 is 34.2 Å². The molecule has 0 bridgehead atoms. The van der Waals surface area contributed by atoms with Gasteiger partial charge in [-0.2, -0.15) is 0 Å². The normalized spacial score (nSPS) is 10.5. The number of rotatable bonds is 8. The Morgan fingerprint density at radius 1 is 1.03 bits per heavy atom. The van der Waals surface area contributed by atoms with Gasteiger partial charge in [-0.25, -0.2) is 9.59 Å². The van der Waals surface area contributed by atoms with E-state index in [2.05, 4.69) is 0 Å². The van der Waals surface area contributed by atoms with Crippen LogP contribution in [0.5, 0.6) is 11.5 Å². The van der Waals surface area contributed by atoms with Gasteiger partial charge in [-0.05, 0) is 24.3 Å². The molecule has 0 saturated carbocycles. The summed E-state index contributed by atoms with van der Waals surface area (Å²) in [7, 11) is 2.87. The summed E-state index contributed by atoms with van der Waals surface area (Å²) in [4.78, 5) is 49.8. The molecule has 0 fully saturated rings. The number of hydrogen-bond acceptors (Lipinski definition) is 9. The average Bonchev–Trinajstić information content (AvgIpc) is 2.77. The van der Waals surface area contributed by atoms with Crippen LogP contribution in [0.2, 0.25) is 0 Å². The molecule has 1 heterocycles. The number of H-pyrrole nitrogens is 1. The molecule has 5 N–H and O–H groups in total. The molecule has 13 heteroatoms. The predicted octanol–water partition coefficient (Wildman–Crippen LogP) is 3.10. The summed E-state index contributed by atoms with van der Waals surface area (Å²) in [5.41, 5.74) is 1.71. The van der Waals surface area contributed by atoms with Gasteiger partial charge in [0.15, 0.2) is 0 Å². The summed E-state index contributed by atoms with van der Waals surface area (Å²) in [6, 6.07) is 8.33. The Morgan fingerprint density at radius 2 is 1.71 bits per heavy atom. The van der Waals surface area contributed by atoms with Crippen molar-refractivity contribution in [3.8, 4) is 22.6 Å². The standard InChI is InChI=1S/C21H17N3O9S/c1-32-10-4-5-12(33-2)14(8-10)34-13-6-3-9(24(30)31)7-11(13)15-16(20(26)27)18(22)23-19(25)17(15)21(28)29/h3-8H,1-2H3,(H,26,27)(H,28,29)(H3,22,23,25). The Bertz CT molecular complexity index is 1380. The second-order valence-electron chi connectivity index (χ2n) is 6.66. The van der Waals surface area contributed by atoms with Crippen LogP contribution in [0.1, 0.15) is 20.7 Å². The number of hydrogen-bond donors (Lipinski definition) is 4. The van der Waals surface area contributed by atoms with Crippen molar-refractivity contribution in [1.82, 2.24) is 4.98 Å². The molecular formula is C21H17N3O9S. The second kappa shape index (κ2) is 9.54. The molecule has 1 aromatic heterocycles. The minimum atomic E-state index is -1.74. The van der Waals surface area contributed by atoms with Gasteiger partial charge in [-0.15, -0.1) is 0 Å².